The molecule has 0 aliphatic carbocycles. The van der Waals surface area contributed by atoms with E-state index in [1.165, 1.54) is 0 Å². The molecule has 27 heavy (non-hydrogen) atoms. The Hall–Kier alpha value is -2.12. The van der Waals surface area contributed by atoms with Gasteiger partial charge in [-0.25, -0.2) is 0 Å². The summed E-state index contributed by atoms with van der Waals surface area (Å²) in [7, 11) is 0. The first kappa shape index (κ1) is 18.3. The Balaban J connectivity index is 1.27. The molecule has 146 valence electrons. The van der Waals surface area contributed by atoms with Crippen molar-refractivity contribution < 1.29 is 23.8 Å². The highest BCUT2D eigenvalue weighted by Crippen LogP contribution is 2.26. The molecule has 0 N–H and O–H groups in total. The van der Waals surface area contributed by atoms with Gasteiger partial charge in [-0.3, -0.25) is 9.59 Å². The minimum Gasteiger partial charge on any atom is -0.484 e. The molecule has 3 aliphatic rings. The van der Waals surface area contributed by atoms with Crippen LogP contribution in [0.1, 0.15) is 25.7 Å². The number of amides is 2. The molecule has 1 unspecified atom stereocenters. The predicted octanol–water partition coefficient (Wildman–Crippen LogP) is 1.80. The van der Waals surface area contributed by atoms with Gasteiger partial charge in [0.15, 0.2) is 12.9 Å². The molecule has 1 aromatic carbocycles. The van der Waals surface area contributed by atoms with Crippen LogP contribution in [0.5, 0.6) is 5.75 Å². The van der Waals surface area contributed by atoms with Crippen LogP contribution in [0.3, 0.4) is 0 Å². The molecule has 4 rings (SSSR count). The van der Waals surface area contributed by atoms with Gasteiger partial charge in [0.2, 0.25) is 5.91 Å². The van der Waals surface area contributed by atoms with Crippen molar-refractivity contribution in [3.63, 3.8) is 0 Å². The first-order valence-electron chi connectivity index (χ1n) is 9.75. The summed E-state index contributed by atoms with van der Waals surface area (Å²) >= 11 is 0. The smallest absolute Gasteiger partial charge is 0.260 e. The number of carbonyl (C=O) groups is 2. The maximum absolute atomic E-state index is 12.5. The van der Waals surface area contributed by atoms with Crippen molar-refractivity contribution >= 4 is 17.5 Å². The lowest BCUT2D eigenvalue weighted by molar-refractivity contribution is -0.141. The number of nitrogens with zero attached hydrogens (tertiary/aromatic N) is 2. The maximum Gasteiger partial charge on any atom is 0.260 e. The molecule has 0 saturated carbocycles. The summed E-state index contributed by atoms with van der Waals surface area (Å²) in [6, 6.07) is 7.37. The first-order chi connectivity index (χ1) is 13.2. The Morgan fingerprint density at radius 3 is 2.59 bits per heavy atom. The molecule has 3 saturated heterocycles. The van der Waals surface area contributed by atoms with Gasteiger partial charge in [-0.15, -0.1) is 0 Å². The largest absolute Gasteiger partial charge is 0.484 e. The van der Waals surface area contributed by atoms with E-state index in [1.807, 2.05) is 29.2 Å². The Labute approximate surface area is 159 Å². The number of hydrogen-bond acceptors (Lipinski definition) is 5. The van der Waals surface area contributed by atoms with E-state index in [1.54, 1.807) is 4.90 Å². The Morgan fingerprint density at radius 1 is 1.11 bits per heavy atom. The molecular weight excluding hydrogens is 348 g/mol. The van der Waals surface area contributed by atoms with E-state index in [-0.39, 0.29) is 30.6 Å². The number of benzene rings is 1. The molecule has 1 aromatic rings. The maximum atomic E-state index is 12.5. The molecule has 0 radical (unpaired) electrons. The van der Waals surface area contributed by atoms with E-state index < -0.39 is 0 Å². The SMILES string of the molecule is O=C(COc1ccc(N2CCCC2=O)cc1)N1CCCC(C2OCCO2)C1. The van der Waals surface area contributed by atoms with Gasteiger partial charge in [0.1, 0.15) is 5.75 Å². The topological polar surface area (TPSA) is 68.3 Å². The van der Waals surface area contributed by atoms with Crippen LogP contribution in [0.2, 0.25) is 0 Å². The normalized spacial score (nSPS) is 23.9. The van der Waals surface area contributed by atoms with E-state index in [0.717, 1.165) is 38.0 Å². The number of piperidine rings is 1. The van der Waals surface area contributed by atoms with Crippen LogP contribution in [0.25, 0.3) is 0 Å². The van der Waals surface area contributed by atoms with Crippen molar-refractivity contribution in [1.29, 1.82) is 0 Å². The predicted molar refractivity (Wildman–Crippen MR) is 98.5 cm³/mol. The minimum absolute atomic E-state index is 0.0150. The number of rotatable bonds is 5. The van der Waals surface area contributed by atoms with Gasteiger partial charge in [0.25, 0.3) is 5.91 Å². The van der Waals surface area contributed by atoms with Crippen molar-refractivity contribution in [3.05, 3.63) is 24.3 Å². The third-order valence-electron chi connectivity index (χ3n) is 5.43. The molecule has 7 heteroatoms. The van der Waals surface area contributed by atoms with E-state index >= 15 is 0 Å². The zero-order chi connectivity index (χ0) is 18.6. The summed E-state index contributed by atoms with van der Waals surface area (Å²) < 4.78 is 16.9. The van der Waals surface area contributed by atoms with E-state index in [9.17, 15) is 9.59 Å². The van der Waals surface area contributed by atoms with E-state index in [0.29, 0.717) is 31.9 Å². The highest BCUT2D eigenvalue weighted by Gasteiger charge is 2.32. The molecule has 0 bridgehead atoms. The van der Waals surface area contributed by atoms with Crippen molar-refractivity contribution in [2.24, 2.45) is 5.92 Å². The first-order valence-corrected chi connectivity index (χ1v) is 9.75. The number of likely N-dealkylation sites (tertiary alicyclic amines) is 1. The summed E-state index contributed by atoms with van der Waals surface area (Å²) in [6.45, 7) is 3.46. The fourth-order valence-electron chi connectivity index (χ4n) is 3.99. The molecule has 1 atom stereocenters. The van der Waals surface area contributed by atoms with Crippen molar-refractivity contribution in [1.82, 2.24) is 4.90 Å². The highest BCUT2D eigenvalue weighted by molar-refractivity contribution is 5.95. The monoisotopic (exact) mass is 374 g/mol. The number of ether oxygens (including phenoxy) is 3. The summed E-state index contributed by atoms with van der Waals surface area (Å²) in [6.07, 6.45) is 3.31. The summed E-state index contributed by atoms with van der Waals surface area (Å²) in [5, 5.41) is 0. The Morgan fingerprint density at radius 2 is 1.89 bits per heavy atom. The second-order valence-corrected chi connectivity index (χ2v) is 7.28. The van der Waals surface area contributed by atoms with Gasteiger partial charge in [-0.05, 0) is 43.5 Å². The van der Waals surface area contributed by atoms with Crippen LogP contribution in [0.4, 0.5) is 5.69 Å². The number of hydrogen-bond donors (Lipinski definition) is 0. The lowest BCUT2D eigenvalue weighted by atomic mass is 9.97. The molecule has 3 aliphatic heterocycles. The van der Waals surface area contributed by atoms with E-state index in [2.05, 4.69) is 0 Å². The lowest BCUT2D eigenvalue weighted by Gasteiger charge is -2.34. The Bertz CT molecular complexity index is 671. The fraction of sp³-hybridized carbons (Fsp3) is 0.600. The molecular formula is C20H26N2O5. The highest BCUT2D eigenvalue weighted by atomic mass is 16.7. The Kier molecular flexibility index (Phi) is 5.59. The van der Waals surface area contributed by atoms with Gasteiger partial charge in [0, 0.05) is 37.7 Å². The molecule has 0 spiro atoms. The minimum atomic E-state index is -0.178. The van der Waals surface area contributed by atoms with Gasteiger partial charge in [-0.2, -0.15) is 0 Å². The van der Waals surface area contributed by atoms with E-state index in [4.69, 9.17) is 14.2 Å². The second kappa shape index (κ2) is 8.27. The summed E-state index contributed by atoms with van der Waals surface area (Å²) in [5.74, 6) is 1.02. The van der Waals surface area contributed by atoms with Crippen LogP contribution < -0.4 is 9.64 Å². The zero-order valence-corrected chi connectivity index (χ0v) is 15.5. The van der Waals surface area contributed by atoms with Gasteiger partial charge in [0.05, 0.1) is 13.2 Å². The zero-order valence-electron chi connectivity index (χ0n) is 15.5. The van der Waals surface area contributed by atoms with Crippen molar-refractivity contribution in [2.75, 3.05) is 44.4 Å². The standard InChI is InChI=1S/C20H26N2O5/c23-18-4-2-10-22(18)16-5-7-17(8-6-16)27-14-19(24)21-9-1-3-15(13-21)20-25-11-12-26-20/h5-8,15,20H,1-4,9-14H2. The molecule has 7 nitrogen and oxygen atoms in total. The quantitative estimate of drug-likeness (QED) is 0.786. The van der Waals surface area contributed by atoms with Gasteiger partial charge < -0.3 is 24.0 Å². The third-order valence-corrected chi connectivity index (χ3v) is 5.43. The van der Waals surface area contributed by atoms with Crippen molar-refractivity contribution in [3.8, 4) is 5.75 Å². The summed E-state index contributed by atoms with van der Waals surface area (Å²) in [5.41, 5.74) is 0.881. The van der Waals surface area contributed by atoms with Crippen LogP contribution >= 0.6 is 0 Å². The number of carbonyl (C=O) groups excluding carboxylic acids is 2. The van der Waals surface area contributed by atoms with Gasteiger partial charge in [-0.1, -0.05) is 0 Å². The van der Waals surface area contributed by atoms with Crippen LogP contribution in [0, 0.1) is 5.92 Å². The second-order valence-electron chi connectivity index (χ2n) is 7.28. The summed E-state index contributed by atoms with van der Waals surface area (Å²) in [4.78, 5) is 27.9. The molecule has 3 heterocycles. The lowest BCUT2D eigenvalue weighted by Crippen LogP contribution is -2.45. The van der Waals surface area contributed by atoms with Crippen molar-refractivity contribution in [2.45, 2.75) is 32.0 Å². The van der Waals surface area contributed by atoms with Gasteiger partial charge >= 0.3 is 0 Å². The molecule has 2 amide bonds. The molecule has 3 fully saturated rings. The van der Waals surface area contributed by atoms with Crippen LogP contribution in [-0.4, -0.2) is 62.5 Å². The average molecular weight is 374 g/mol. The third kappa shape index (κ3) is 4.25. The fourth-order valence-corrected chi connectivity index (χ4v) is 3.99. The van der Waals surface area contributed by atoms with Crippen LogP contribution in [-0.2, 0) is 19.1 Å². The number of anilines is 1. The molecule has 0 aromatic heterocycles. The average Bonchev–Trinajstić information content (AvgIpc) is 3.38. The van der Waals surface area contributed by atoms with Crippen LogP contribution in [0.15, 0.2) is 24.3 Å².